The van der Waals surface area contributed by atoms with Crippen molar-refractivity contribution >= 4 is 32.9 Å². The number of aryl methyl sites for hydroxylation is 1. The second kappa shape index (κ2) is 11.1. The van der Waals surface area contributed by atoms with Crippen LogP contribution in [0.15, 0.2) is 59.5 Å². The molecule has 13 heteroatoms. The Balaban J connectivity index is 1.44. The highest BCUT2D eigenvalue weighted by molar-refractivity contribution is 7.89. The Morgan fingerprint density at radius 2 is 1.76 bits per heavy atom. The van der Waals surface area contributed by atoms with Gasteiger partial charge in [0.2, 0.25) is 10.0 Å². The maximum Gasteiger partial charge on any atom is 0.407 e. The van der Waals surface area contributed by atoms with Crippen LogP contribution in [-0.4, -0.2) is 77.9 Å². The number of nitrogens with zero attached hydrogens (tertiary/aromatic N) is 3. The van der Waals surface area contributed by atoms with E-state index in [1.807, 2.05) is 37.3 Å². The summed E-state index contributed by atoms with van der Waals surface area (Å²) < 4.78 is 34.2. The number of pyridine rings is 1. The van der Waals surface area contributed by atoms with Gasteiger partial charge in [0.15, 0.2) is 6.17 Å². The minimum Gasteiger partial charge on any atom is -0.489 e. The summed E-state index contributed by atoms with van der Waals surface area (Å²) in [6.45, 7) is 2.54. The molecule has 12 nitrogen and oxygen atoms in total. The molecule has 2 aromatic carbocycles. The third-order valence-electron chi connectivity index (χ3n) is 6.03. The summed E-state index contributed by atoms with van der Waals surface area (Å²) in [5.74, 6) is -0.529. The number of aromatic nitrogens is 1. The smallest absolute Gasteiger partial charge is 0.407 e. The number of hydroxylamine groups is 1. The van der Waals surface area contributed by atoms with Gasteiger partial charge in [0.1, 0.15) is 12.4 Å². The van der Waals surface area contributed by atoms with Gasteiger partial charge in [-0.2, -0.15) is 4.72 Å². The van der Waals surface area contributed by atoms with Crippen molar-refractivity contribution in [2.24, 2.45) is 0 Å². The maximum absolute atomic E-state index is 13.0. The molecule has 1 aliphatic rings. The van der Waals surface area contributed by atoms with E-state index in [1.54, 1.807) is 0 Å². The van der Waals surface area contributed by atoms with Crippen LogP contribution in [0.2, 0.25) is 0 Å². The van der Waals surface area contributed by atoms with Gasteiger partial charge in [0.25, 0.3) is 5.91 Å². The third-order valence-corrected chi connectivity index (χ3v) is 7.46. The lowest BCUT2D eigenvalue weighted by Gasteiger charge is -2.37. The summed E-state index contributed by atoms with van der Waals surface area (Å²) in [6.07, 6.45) is -2.52. The molecule has 1 aromatic heterocycles. The Morgan fingerprint density at radius 3 is 2.41 bits per heavy atom. The zero-order valence-electron chi connectivity index (χ0n) is 20.0. The molecule has 2 amide bonds. The molecule has 0 radical (unpaired) electrons. The van der Waals surface area contributed by atoms with Crippen LogP contribution in [0, 0.1) is 6.92 Å². The van der Waals surface area contributed by atoms with Gasteiger partial charge in [-0.25, -0.2) is 18.7 Å². The summed E-state index contributed by atoms with van der Waals surface area (Å²) >= 11 is 0. The lowest BCUT2D eigenvalue weighted by atomic mass is 10.1. The molecule has 1 aliphatic heterocycles. The number of fused-ring (bicyclic) bond motifs is 1. The number of ether oxygens (including phenoxy) is 1. The molecule has 1 fully saturated rings. The first kappa shape index (κ1) is 26.3. The molecule has 0 aliphatic carbocycles. The lowest BCUT2D eigenvalue weighted by Crippen LogP contribution is -2.61. The van der Waals surface area contributed by atoms with Gasteiger partial charge >= 0.3 is 6.09 Å². The quantitative estimate of drug-likeness (QED) is 0.250. The monoisotopic (exact) mass is 529 g/mol. The highest BCUT2D eigenvalue weighted by Crippen LogP contribution is 2.22. The average Bonchev–Trinajstić information content (AvgIpc) is 2.90. The van der Waals surface area contributed by atoms with E-state index in [2.05, 4.69) is 9.71 Å². The predicted octanol–water partition coefficient (Wildman–Crippen LogP) is 1.53. The second-order valence-electron chi connectivity index (χ2n) is 8.51. The fraction of sp³-hybridized carbons (Fsp3) is 0.292. The Labute approximate surface area is 213 Å². The van der Waals surface area contributed by atoms with E-state index in [0.29, 0.717) is 5.75 Å². The van der Waals surface area contributed by atoms with Crippen LogP contribution < -0.4 is 14.9 Å². The summed E-state index contributed by atoms with van der Waals surface area (Å²) in [4.78, 5) is 30.4. The number of carbonyl (C=O) groups excluding carboxylic acids is 1. The van der Waals surface area contributed by atoms with Gasteiger partial charge in [0, 0.05) is 42.8 Å². The molecule has 37 heavy (non-hydrogen) atoms. The Morgan fingerprint density at radius 1 is 1.08 bits per heavy atom. The number of hydrogen-bond acceptors (Lipinski definition) is 8. The van der Waals surface area contributed by atoms with E-state index < -0.39 is 28.2 Å². The maximum atomic E-state index is 13.0. The first-order valence-electron chi connectivity index (χ1n) is 11.4. The van der Waals surface area contributed by atoms with E-state index in [9.17, 15) is 18.0 Å². The first-order valence-corrected chi connectivity index (χ1v) is 12.9. The zero-order valence-corrected chi connectivity index (χ0v) is 20.8. The average molecular weight is 530 g/mol. The fourth-order valence-electron chi connectivity index (χ4n) is 4.13. The number of carboxylic acid groups (broad SMARTS) is 1. The predicted molar refractivity (Wildman–Crippen MR) is 132 cm³/mol. The molecule has 196 valence electrons. The molecular formula is C24H27N5O7S. The molecule has 2 heterocycles. The normalized spacial score (nSPS) is 15.4. The number of carbonyl (C=O) groups is 2. The standard InChI is InChI=1S/C24H27N5O7S/c1-16-14-17(20-4-2-3-5-21(20)25-16)15-36-18-6-8-19(9-7-18)37(34,35)27-22(23(30)26-33)28-10-12-29(13-11-28)24(31)32/h2-9,14,22,27,33H,10-13,15H2,1H3,(H,26,30)(H,31,32)/t22-/m1/s1. The third kappa shape index (κ3) is 6.14. The van der Waals surface area contributed by atoms with Crippen LogP contribution in [0.25, 0.3) is 10.9 Å². The van der Waals surface area contributed by atoms with Crippen molar-refractivity contribution in [3.8, 4) is 5.75 Å². The number of rotatable bonds is 8. The summed E-state index contributed by atoms with van der Waals surface area (Å²) in [5.41, 5.74) is 4.13. The number of amides is 2. The molecule has 1 saturated heterocycles. The van der Waals surface area contributed by atoms with Gasteiger partial charge in [0.05, 0.1) is 10.4 Å². The lowest BCUT2D eigenvalue weighted by molar-refractivity contribution is -0.136. The molecule has 3 aromatic rings. The topological polar surface area (TPSA) is 161 Å². The molecule has 0 unspecified atom stereocenters. The van der Waals surface area contributed by atoms with E-state index in [1.165, 1.54) is 34.6 Å². The summed E-state index contributed by atoms with van der Waals surface area (Å²) in [5, 5.41) is 19.2. The van der Waals surface area contributed by atoms with E-state index in [0.717, 1.165) is 27.1 Å². The van der Waals surface area contributed by atoms with Crippen LogP contribution in [0.4, 0.5) is 4.79 Å². The van der Waals surface area contributed by atoms with Crippen LogP contribution >= 0.6 is 0 Å². The second-order valence-corrected chi connectivity index (χ2v) is 10.2. The van der Waals surface area contributed by atoms with Gasteiger partial charge in [-0.05, 0) is 43.3 Å². The minimum atomic E-state index is -4.17. The van der Waals surface area contributed by atoms with E-state index >= 15 is 0 Å². The number of benzene rings is 2. The highest BCUT2D eigenvalue weighted by Gasteiger charge is 2.34. The van der Waals surface area contributed by atoms with Crippen LogP contribution in [-0.2, 0) is 21.4 Å². The van der Waals surface area contributed by atoms with Gasteiger partial charge in [-0.3, -0.25) is 19.9 Å². The van der Waals surface area contributed by atoms with Crippen LogP contribution in [0.3, 0.4) is 0 Å². The van der Waals surface area contributed by atoms with E-state index in [-0.39, 0.29) is 37.7 Å². The number of hydrogen-bond donors (Lipinski definition) is 4. The van der Waals surface area contributed by atoms with Crippen LogP contribution in [0.5, 0.6) is 5.75 Å². The molecule has 1 atom stereocenters. The molecular weight excluding hydrogens is 502 g/mol. The molecule has 4 rings (SSSR count). The van der Waals surface area contributed by atoms with Crippen molar-refractivity contribution in [3.63, 3.8) is 0 Å². The number of sulfonamides is 1. The molecule has 4 N–H and O–H groups in total. The first-order chi connectivity index (χ1) is 17.7. The Hall–Kier alpha value is -3.78. The largest absolute Gasteiger partial charge is 0.489 e. The molecule has 0 saturated carbocycles. The van der Waals surface area contributed by atoms with Crippen molar-refractivity contribution in [1.82, 2.24) is 25.0 Å². The van der Waals surface area contributed by atoms with Crippen molar-refractivity contribution < 1.29 is 33.1 Å². The van der Waals surface area contributed by atoms with Gasteiger partial charge in [-0.15, -0.1) is 0 Å². The number of piperazine rings is 1. The van der Waals surface area contributed by atoms with Crippen molar-refractivity contribution in [3.05, 3.63) is 65.9 Å². The van der Waals surface area contributed by atoms with Crippen molar-refractivity contribution in [1.29, 1.82) is 0 Å². The summed E-state index contributed by atoms with van der Waals surface area (Å²) in [6, 6.07) is 15.4. The Kier molecular flexibility index (Phi) is 7.88. The fourth-order valence-corrected chi connectivity index (χ4v) is 5.31. The van der Waals surface area contributed by atoms with Crippen LogP contribution in [0.1, 0.15) is 11.3 Å². The number of para-hydroxylation sites is 1. The SMILES string of the molecule is Cc1cc(COc2ccc(S(=O)(=O)N[C@@H](C(=O)NO)N3CCN(C(=O)O)CC3)cc2)c2ccccc2n1. The summed E-state index contributed by atoms with van der Waals surface area (Å²) in [7, 11) is -4.17. The number of nitrogens with one attached hydrogen (secondary N) is 2. The molecule has 0 bridgehead atoms. The van der Waals surface area contributed by atoms with Gasteiger partial charge in [-0.1, -0.05) is 18.2 Å². The highest BCUT2D eigenvalue weighted by atomic mass is 32.2. The van der Waals surface area contributed by atoms with E-state index in [4.69, 9.17) is 15.1 Å². The van der Waals surface area contributed by atoms with Crippen molar-refractivity contribution in [2.45, 2.75) is 24.6 Å². The van der Waals surface area contributed by atoms with Crippen molar-refractivity contribution in [2.75, 3.05) is 26.2 Å². The zero-order chi connectivity index (χ0) is 26.6. The Bertz CT molecular complexity index is 1390. The minimum absolute atomic E-state index is 0.0879. The van der Waals surface area contributed by atoms with Gasteiger partial charge < -0.3 is 14.7 Å². The molecule has 0 spiro atoms.